The maximum Gasteiger partial charge on any atom is 0.133 e. The Balaban J connectivity index is 2.35. The zero-order chi connectivity index (χ0) is 15.4. The van der Waals surface area contributed by atoms with Crippen molar-refractivity contribution in [1.82, 2.24) is 9.88 Å². The topological polar surface area (TPSA) is 45.4 Å². The van der Waals surface area contributed by atoms with Gasteiger partial charge in [-0.1, -0.05) is 0 Å². The third-order valence-corrected chi connectivity index (χ3v) is 4.35. The number of hydrogen-bond acceptors (Lipinski definition) is 4. The summed E-state index contributed by atoms with van der Waals surface area (Å²) in [6, 6.07) is 2.74. The van der Waals surface area contributed by atoms with E-state index in [1.165, 1.54) is 29.7 Å². The molecule has 1 heterocycles. The average Bonchev–Trinajstić information content (AvgIpc) is 2.46. The summed E-state index contributed by atoms with van der Waals surface area (Å²) in [5.41, 5.74) is 9.91. The fraction of sp³-hybridized carbons (Fsp3) is 0.706. The molecule has 21 heavy (non-hydrogen) atoms. The highest BCUT2D eigenvalue weighted by atomic mass is 15.2. The molecule has 4 nitrogen and oxygen atoms in total. The minimum atomic E-state index is 0.435. The number of nitrogens with zero attached hydrogens (tertiary/aromatic N) is 3. The molecule has 2 rings (SSSR count). The predicted octanol–water partition coefficient (Wildman–Crippen LogP) is 2.20. The smallest absolute Gasteiger partial charge is 0.133 e. The molecule has 1 aromatic heterocycles. The molecule has 1 aliphatic rings. The summed E-state index contributed by atoms with van der Waals surface area (Å²) < 4.78 is 0. The molecule has 118 valence electrons. The van der Waals surface area contributed by atoms with Gasteiger partial charge < -0.3 is 15.5 Å². The number of rotatable bonds is 6. The molecule has 0 bridgehead atoms. The van der Waals surface area contributed by atoms with Gasteiger partial charge in [0.1, 0.15) is 5.82 Å². The highest BCUT2D eigenvalue weighted by Crippen LogP contribution is 2.27. The zero-order valence-corrected chi connectivity index (χ0v) is 14.0. The second-order valence-corrected chi connectivity index (χ2v) is 6.39. The lowest BCUT2D eigenvalue weighted by molar-refractivity contribution is 0.372. The molecule has 0 aliphatic heterocycles. The number of hydrogen-bond donors (Lipinski definition) is 1. The number of likely N-dealkylation sites (N-methyl/N-ethyl adjacent to an activating group) is 2. The summed E-state index contributed by atoms with van der Waals surface area (Å²) in [7, 11) is 4.24. The molecule has 0 radical (unpaired) electrons. The molecule has 0 aromatic carbocycles. The van der Waals surface area contributed by atoms with Crippen LogP contribution < -0.4 is 10.6 Å². The molecule has 1 aliphatic carbocycles. The molecule has 1 atom stereocenters. The lowest BCUT2D eigenvalue weighted by atomic mass is 9.94. The van der Waals surface area contributed by atoms with Crippen LogP contribution in [-0.4, -0.2) is 43.1 Å². The molecule has 2 N–H and O–H groups in total. The van der Waals surface area contributed by atoms with Gasteiger partial charge in [0.05, 0.1) is 0 Å². The van der Waals surface area contributed by atoms with Gasteiger partial charge >= 0.3 is 0 Å². The maximum absolute atomic E-state index is 6.00. The minimum Gasteiger partial charge on any atom is -0.353 e. The van der Waals surface area contributed by atoms with Crippen LogP contribution in [-0.2, 0) is 19.4 Å². The van der Waals surface area contributed by atoms with Crippen molar-refractivity contribution in [3.05, 3.63) is 22.9 Å². The van der Waals surface area contributed by atoms with Gasteiger partial charge in [0.25, 0.3) is 0 Å². The second-order valence-electron chi connectivity index (χ2n) is 6.39. The summed E-state index contributed by atoms with van der Waals surface area (Å²) in [6.45, 7) is 7.03. The first-order valence-electron chi connectivity index (χ1n) is 8.19. The normalized spacial score (nSPS) is 15.9. The van der Waals surface area contributed by atoms with Crippen LogP contribution in [0.3, 0.4) is 0 Å². The summed E-state index contributed by atoms with van der Waals surface area (Å²) in [5, 5.41) is 0. The van der Waals surface area contributed by atoms with Gasteiger partial charge in [-0.15, -0.1) is 0 Å². The van der Waals surface area contributed by atoms with Gasteiger partial charge in [0.2, 0.25) is 0 Å². The van der Waals surface area contributed by atoms with Gasteiger partial charge in [-0.2, -0.15) is 0 Å². The molecule has 4 heteroatoms. The van der Waals surface area contributed by atoms with Crippen LogP contribution in [0.15, 0.2) is 6.07 Å². The molecular formula is C17H30N4. The van der Waals surface area contributed by atoms with E-state index < -0.39 is 0 Å². The number of aryl methyl sites for hydroxylation is 2. The lowest BCUT2D eigenvalue weighted by Crippen LogP contribution is -2.41. The summed E-state index contributed by atoms with van der Waals surface area (Å²) in [4.78, 5) is 9.64. The van der Waals surface area contributed by atoms with Gasteiger partial charge in [0.15, 0.2) is 0 Å². The van der Waals surface area contributed by atoms with Crippen molar-refractivity contribution in [3.8, 4) is 0 Å². The Hall–Kier alpha value is -1.13. The molecule has 1 unspecified atom stereocenters. The Bertz CT molecular complexity index is 470. The third kappa shape index (κ3) is 3.74. The van der Waals surface area contributed by atoms with E-state index >= 15 is 0 Å². The van der Waals surface area contributed by atoms with Gasteiger partial charge in [-0.25, -0.2) is 4.98 Å². The van der Waals surface area contributed by atoms with Crippen molar-refractivity contribution in [3.63, 3.8) is 0 Å². The fourth-order valence-corrected chi connectivity index (χ4v) is 3.37. The van der Waals surface area contributed by atoms with Crippen LogP contribution in [0.4, 0.5) is 5.82 Å². The van der Waals surface area contributed by atoms with E-state index in [4.69, 9.17) is 10.7 Å². The Labute approximate surface area is 129 Å². The van der Waals surface area contributed by atoms with Gasteiger partial charge in [-0.3, -0.25) is 0 Å². The first-order valence-corrected chi connectivity index (χ1v) is 8.19. The summed E-state index contributed by atoms with van der Waals surface area (Å²) >= 11 is 0. The van der Waals surface area contributed by atoms with Gasteiger partial charge in [-0.05, 0) is 65.3 Å². The molecule has 1 aromatic rings. The van der Waals surface area contributed by atoms with Crippen LogP contribution >= 0.6 is 0 Å². The highest BCUT2D eigenvalue weighted by Gasteiger charge is 2.21. The van der Waals surface area contributed by atoms with E-state index in [1.54, 1.807) is 0 Å². The third-order valence-electron chi connectivity index (χ3n) is 4.35. The standard InChI is InChI=1S/C17H30N4/c1-5-21(13(2)12-20(3)4)17-15(11-18)10-14-8-6-7-9-16(14)19-17/h10,13H,5-9,11-12,18H2,1-4H3. The van der Waals surface area contributed by atoms with Crippen molar-refractivity contribution in [1.29, 1.82) is 0 Å². The molecule has 0 saturated carbocycles. The number of anilines is 1. The second kappa shape index (κ2) is 7.23. The summed E-state index contributed by atoms with van der Waals surface area (Å²) in [6.07, 6.45) is 4.83. The van der Waals surface area contributed by atoms with Crippen LogP contribution in [0, 0.1) is 0 Å². The molecule has 0 amide bonds. The monoisotopic (exact) mass is 290 g/mol. The maximum atomic E-state index is 6.00. The number of pyridine rings is 1. The van der Waals surface area contributed by atoms with Crippen LogP contribution in [0.2, 0.25) is 0 Å². The number of aromatic nitrogens is 1. The van der Waals surface area contributed by atoms with Crippen molar-refractivity contribution in [2.24, 2.45) is 5.73 Å². The van der Waals surface area contributed by atoms with E-state index in [0.717, 1.165) is 31.7 Å². The van der Waals surface area contributed by atoms with Gasteiger partial charge in [0, 0.05) is 36.9 Å². The first-order chi connectivity index (χ1) is 10.1. The molecular weight excluding hydrogens is 260 g/mol. The minimum absolute atomic E-state index is 0.435. The number of fused-ring (bicyclic) bond motifs is 1. The number of nitrogens with two attached hydrogens (primary N) is 1. The zero-order valence-electron chi connectivity index (χ0n) is 14.0. The van der Waals surface area contributed by atoms with Crippen LogP contribution in [0.5, 0.6) is 0 Å². The van der Waals surface area contributed by atoms with Crippen molar-refractivity contribution in [2.75, 3.05) is 32.1 Å². The van der Waals surface area contributed by atoms with Crippen molar-refractivity contribution < 1.29 is 0 Å². The fourth-order valence-electron chi connectivity index (χ4n) is 3.37. The average molecular weight is 290 g/mol. The van der Waals surface area contributed by atoms with Crippen LogP contribution in [0.25, 0.3) is 0 Å². The van der Waals surface area contributed by atoms with E-state index in [9.17, 15) is 0 Å². The van der Waals surface area contributed by atoms with Crippen LogP contribution in [0.1, 0.15) is 43.5 Å². The molecule has 0 spiro atoms. The molecule has 0 saturated heterocycles. The van der Waals surface area contributed by atoms with Crippen molar-refractivity contribution in [2.45, 2.75) is 52.1 Å². The Kier molecular flexibility index (Phi) is 5.59. The SMILES string of the molecule is CCN(c1nc2c(cc1CN)CCCC2)C(C)CN(C)C. The van der Waals surface area contributed by atoms with E-state index in [-0.39, 0.29) is 0 Å². The predicted molar refractivity (Wildman–Crippen MR) is 89.8 cm³/mol. The highest BCUT2D eigenvalue weighted by molar-refractivity contribution is 5.51. The van der Waals surface area contributed by atoms with E-state index in [0.29, 0.717) is 12.6 Å². The Morgan fingerprint density at radius 2 is 2.00 bits per heavy atom. The largest absolute Gasteiger partial charge is 0.353 e. The first kappa shape index (κ1) is 16.2. The summed E-state index contributed by atoms with van der Waals surface area (Å²) in [5.74, 6) is 1.11. The molecule has 0 fully saturated rings. The lowest BCUT2D eigenvalue weighted by Gasteiger charge is -2.33. The Morgan fingerprint density at radius 1 is 1.29 bits per heavy atom. The van der Waals surface area contributed by atoms with E-state index in [1.807, 2.05) is 0 Å². The quantitative estimate of drug-likeness (QED) is 0.872. The van der Waals surface area contributed by atoms with E-state index in [2.05, 4.69) is 43.8 Å². The van der Waals surface area contributed by atoms with Crippen molar-refractivity contribution >= 4 is 5.82 Å². The Morgan fingerprint density at radius 3 is 2.62 bits per heavy atom.